The first kappa shape index (κ1) is 53.4. The van der Waals surface area contributed by atoms with Crippen LogP contribution < -0.4 is 0 Å². The largest absolute Gasteiger partial charge is 0.394 e. The molecule has 392 valence electrons. The summed E-state index contributed by atoms with van der Waals surface area (Å²) in [6, 6.07) is 0. The molecule has 4 saturated heterocycles. The number of aliphatic hydroxyl groups excluding tert-OH is 8. The van der Waals surface area contributed by atoms with E-state index in [1.54, 1.807) is 0 Å². The minimum Gasteiger partial charge on any atom is -0.394 e. The number of hydrogen-bond acceptors (Lipinski definition) is 17. The van der Waals surface area contributed by atoms with Gasteiger partial charge < -0.3 is 83.9 Å². The van der Waals surface area contributed by atoms with E-state index in [0.717, 1.165) is 63.4 Å². The lowest BCUT2D eigenvalue weighted by Crippen LogP contribution is -2.67. The molecule has 8 fully saturated rings. The van der Waals surface area contributed by atoms with Crippen LogP contribution in [0.5, 0.6) is 0 Å². The zero-order chi connectivity index (χ0) is 49.5. The Morgan fingerprint density at radius 3 is 2.06 bits per heavy atom. The van der Waals surface area contributed by atoms with Gasteiger partial charge in [-0.15, -0.1) is 0 Å². The highest BCUT2D eigenvalue weighted by atomic mass is 16.8. The van der Waals surface area contributed by atoms with Crippen LogP contribution in [-0.2, 0) is 37.9 Å². The first-order valence-electron chi connectivity index (χ1n) is 25.9. The van der Waals surface area contributed by atoms with Gasteiger partial charge in [0.05, 0.1) is 31.5 Å². The van der Waals surface area contributed by atoms with Crippen molar-refractivity contribution in [3.8, 4) is 0 Å². The summed E-state index contributed by atoms with van der Waals surface area (Å²) in [5, 5.41) is 99.0. The molecule has 4 aliphatic carbocycles. The topological polar surface area (TPSA) is 256 Å². The highest BCUT2D eigenvalue weighted by Crippen LogP contribution is 2.76. The number of ether oxygens (including phenoxy) is 8. The Kier molecular flexibility index (Phi) is 15.7. The van der Waals surface area contributed by atoms with Gasteiger partial charge in [-0.05, 0) is 124 Å². The fourth-order valence-electron chi connectivity index (χ4n) is 15.6. The van der Waals surface area contributed by atoms with Crippen LogP contribution in [0.4, 0.5) is 0 Å². The number of rotatable bonds is 13. The lowest BCUT2D eigenvalue weighted by Gasteiger charge is -2.70. The SMILES string of the molecule is CCCCOC1OC(C=C(C)C)CC1(O)C1CCC2(C)C1CCC1C3(C)CCC(OC4OC(CO)C(O)C(OC5OCC(O)C(O)C5O)C4OC4OC(C)C(O)C(O)C4O)C(C)(C)C3CCC12C. The Balaban J connectivity index is 1.04. The third kappa shape index (κ3) is 9.02. The van der Waals surface area contributed by atoms with Gasteiger partial charge in [-0.2, -0.15) is 0 Å². The highest BCUT2D eigenvalue weighted by molar-refractivity contribution is 5.20. The number of fused-ring (bicyclic) bond motifs is 5. The summed E-state index contributed by atoms with van der Waals surface area (Å²) < 4.78 is 50.3. The minimum atomic E-state index is -1.74. The maximum atomic E-state index is 12.8. The second-order valence-electron chi connectivity index (χ2n) is 23.8. The van der Waals surface area contributed by atoms with Crippen LogP contribution in [0.25, 0.3) is 0 Å². The molecule has 68 heavy (non-hydrogen) atoms. The molecule has 0 aromatic carbocycles. The van der Waals surface area contributed by atoms with E-state index in [2.05, 4.69) is 61.5 Å². The van der Waals surface area contributed by atoms with Gasteiger partial charge in [-0.25, -0.2) is 0 Å². The Morgan fingerprint density at radius 1 is 0.676 bits per heavy atom. The Morgan fingerprint density at radius 2 is 1.37 bits per heavy atom. The van der Waals surface area contributed by atoms with E-state index in [1.807, 2.05) is 0 Å². The van der Waals surface area contributed by atoms with E-state index < -0.39 is 116 Å². The Bertz CT molecular complexity index is 1750. The molecule has 8 rings (SSSR count). The summed E-state index contributed by atoms with van der Waals surface area (Å²) in [6.07, 6.45) is -10.2. The molecule has 17 heteroatoms. The smallest absolute Gasteiger partial charge is 0.187 e. The Hall–Kier alpha value is -0.940. The summed E-state index contributed by atoms with van der Waals surface area (Å²) in [6.45, 7) is 19.3. The number of unbranched alkanes of at least 4 members (excludes halogenated alkanes) is 1. The molecule has 0 bridgehead atoms. The molecular weight excluding hydrogens is 885 g/mol. The number of aliphatic hydroxyl groups is 9. The van der Waals surface area contributed by atoms with Crippen LogP contribution >= 0.6 is 0 Å². The first-order valence-corrected chi connectivity index (χ1v) is 25.9. The standard InChI is InChI=1S/C51H86O17/c1-10-11-20-61-46-51(60,22-27(64-46)21-25(2)3)29-14-18-49(8)28(29)12-13-33-48(7)17-16-34(47(5,6)32(48)15-19-50(33,49)9)66-45-42(68-44-40(59)38(57)35(54)26(4)63-44)41(37(56)31(23-52)65-45)67-43-39(58)36(55)30(53)24-62-43/h21,26-46,52-60H,10-20,22-24H2,1-9H3. The molecule has 0 spiro atoms. The monoisotopic (exact) mass is 971 g/mol. The van der Waals surface area contributed by atoms with E-state index in [4.69, 9.17) is 37.9 Å². The summed E-state index contributed by atoms with van der Waals surface area (Å²) in [7, 11) is 0. The van der Waals surface area contributed by atoms with Gasteiger partial charge in [-0.3, -0.25) is 0 Å². The minimum absolute atomic E-state index is 0.000658. The summed E-state index contributed by atoms with van der Waals surface area (Å²) in [5.74, 6) is 0.980. The first-order chi connectivity index (χ1) is 32.0. The van der Waals surface area contributed by atoms with Crippen LogP contribution in [-0.4, -0.2) is 176 Å². The van der Waals surface area contributed by atoms with Crippen LogP contribution in [0.15, 0.2) is 11.6 Å². The fraction of sp³-hybridized carbons (Fsp3) is 0.961. The van der Waals surface area contributed by atoms with Gasteiger partial charge in [-0.1, -0.05) is 59.6 Å². The van der Waals surface area contributed by atoms with Gasteiger partial charge >= 0.3 is 0 Å². The lowest BCUT2D eigenvalue weighted by molar-refractivity contribution is -0.395. The van der Waals surface area contributed by atoms with Crippen molar-refractivity contribution in [2.45, 2.75) is 243 Å². The van der Waals surface area contributed by atoms with E-state index in [-0.39, 0.29) is 40.8 Å². The molecule has 4 heterocycles. The predicted molar refractivity (Wildman–Crippen MR) is 244 cm³/mol. The van der Waals surface area contributed by atoms with Crippen molar-refractivity contribution in [2.24, 2.45) is 45.3 Å². The molecular formula is C51H86O17. The van der Waals surface area contributed by atoms with Gasteiger partial charge in [0.1, 0.15) is 66.6 Å². The van der Waals surface area contributed by atoms with Crippen molar-refractivity contribution >= 4 is 0 Å². The van der Waals surface area contributed by atoms with Crippen LogP contribution in [0, 0.1) is 45.3 Å². The molecule has 25 atom stereocenters. The molecule has 8 aliphatic rings. The van der Waals surface area contributed by atoms with Crippen LogP contribution in [0.2, 0.25) is 0 Å². The third-order valence-corrected chi connectivity index (χ3v) is 19.4. The van der Waals surface area contributed by atoms with E-state index >= 15 is 0 Å². The highest BCUT2D eigenvalue weighted by Gasteiger charge is 2.71. The molecule has 17 nitrogen and oxygen atoms in total. The normalized spacial score (nSPS) is 53.6. The summed E-state index contributed by atoms with van der Waals surface area (Å²) in [5.41, 5.74) is -0.454. The third-order valence-electron chi connectivity index (χ3n) is 19.4. The van der Waals surface area contributed by atoms with E-state index in [0.29, 0.717) is 31.3 Å². The van der Waals surface area contributed by atoms with E-state index in [9.17, 15) is 46.0 Å². The average molecular weight is 971 g/mol. The lowest BCUT2D eigenvalue weighted by atomic mass is 9.35. The Labute approximate surface area is 402 Å². The summed E-state index contributed by atoms with van der Waals surface area (Å²) in [4.78, 5) is 0. The van der Waals surface area contributed by atoms with Crippen molar-refractivity contribution in [1.29, 1.82) is 0 Å². The van der Waals surface area contributed by atoms with Crippen molar-refractivity contribution in [3.05, 3.63) is 11.6 Å². The maximum Gasteiger partial charge on any atom is 0.187 e. The molecule has 0 aromatic rings. The quantitative estimate of drug-likeness (QED) is 0.0731. The maximum absolute atomic E-state index is 12.8. The molecule has 0 radical (unpaired) electrons. The van der Waals surface area contributed by atoms with Gasteiger partial charge in [0, 0.05) is 13.0 Å². The van der Waals surface area contributed by atoms with Crippen molar-refractivity contribution in [1.82, 2.24) is 0 Å². The van der Waals surface area contributed by atoms with E-state index in [1.165, 1.54) is 6.92 Å². The zero-order valence-electron chi connectivity index (χ0n) is 41.9. The predicted octanol–water partition coefficient (Wildman–Crippen LogP) is 2.80. The number of hydrogen-bond donors (Lipinski definition) is 9. The van der Waals surface area contributed by atoms with Gasteiger partial charge in [0.15, 0.2) is 25.2 Å². The number of allylic oxidation sites excluding steroid dienone is 1. The zero-order valence-corrected chi connectivity index (χ0v) is 41.9. The molecule has 4 aliphatic heterocycles. The molecule has 4 saturated carbocycles. The second kappa shape index (κ2) is 20.1. The van der Waals surface area contributed by atoms with Crippen LogP contribution in [0.3, 0.4) is 0 Å². The molecule has 0 amide bonds. The molecule has 9 N–H and O–H groups in total. The van der Waals surface area contributed by atoms with Gasteiger partial charge in [0.25, 0.3) is 0 Å². The molecule has 0 aromatic heterocycles. The molecule has 25 unspecified atom stereocenters. The van der Waals surface area contributed by atoms with Crippen molar-refractivity contribution in [2.75, 3.05) is 19.8 Å². The summed E-state index contributed by atoms with van der Waals surface area (Å²) >= 11 is 0. The van der Waals surface area contributed by atoms with Gasteiger partial charge in [0.2, 0.25) is 0 Å². The fourth-order valence-corrected chi connectivity index (χ4v) is 15.6. The second-order valence-corrected chi connectivity index (χ2v) is 23.8. The van der Waals surface area contributed by atoms with Crippen molar-refractivity contribution < 1.29 is 83.9 Å². The average Bonchev–Trinajstić information content (AvgIpc) is 3.81. The van der Waals surface area contributed by atoms with Crippen LogP contribution in [0.1, 0.15) is 133 Å². The van der Waals surface area contributed by atoms with Crippen molar-refractivity contribution in [3.63, 3.8) is 0 Å².